The number of nitrogens with zero attached hydrogens (tertiary/aromatic N) is 2. The Bertz CT molecular complexity index is 252. The second kappa shape index (κ2) is 3.58. The van der Waals surface area contributed by atoms with Gasteiger partial charge in [0, 0.05) is 19.6 Å². The topological polar surface area (TPSA) is 55.9 Å². The molecule has 12 heavy (non-hydrogen) atoms. The zero-order valence-electron chi connectivity index (χ0n) is 7.83. The molecule has 4 nitrogen and oxygen atoms in total. The number of rotatable bonds is 3. The molecule has 0 saturated carbocycles. The van der Waals surface area contributed by atoms with E-state index in [1.807, 2.05) is 11.6 Å². The van der Waals surface area contributed by atoms with Crippen LogP contribution in [0.3, 0.4) is 0 Å². The van der Waals surface area contributed by atoms with Gasteiger partial charge < -0.3 is 15.6 Å². The van der Waals surface area contributed by atoms with E-state index < -0.39 is 0 Å². The van der Waals surface area contributed by atoms with Crippen LogP contribution < -0.4 is 11.1 Å². The average Bonchev–Trinajstić information content (AvgIpc) is 2.30. The predicted octanol–water partition coefficient (Wildman–Crippen LogP) is 0.500. The van der Waals surface area contributed by atoms with Crippen molar-refractivity contribution < 1.29 is 0 Å². The van der Waals surface area contributed by atoms with Crippen LogP contribution in [0.1, 0.15) is 19.5 Å². The molecule has 1 aromatic rings. The van der Waals surface area contributed by atoms with Crippen LogP contribution in [0.5, 0.6) is 0 Å². The van der Waals surface area contributed by atoms with Gasteiger partial charge in [0.15, 0.2) is 5.95 Å². The van der Waals surface area contributed by atoms with Gasteiger partial charge >= 0.3 is 0 Å². The summed E-state index contributed by atoms with van der Waals surface area (Å²) in [5.41, 5.74) is 6.68. The highest BCUT2D eigenvalue weighted by Gasteiger charge is 2.02. The lowest BCUT2D eigenvalue weighted by atomic mass is 10.3. The molecule has 0 unspecified atom stereocenters. The van der Waals surface area contributed by atoms with Gasteiger partial charge in [0.05, 0.1) is 11.9 Å². The molecule has 1 aromatic heterocycles. The molecule has 0 aliphatic rings. The van der Waals surface area contributed by atoms with Gasteiger partial charge in [-0.25, -0.2) is 4.98 Å². The van der Waals surface area contributed by atoms with Crippen molar-refractivity contribution in [1.82, 2.24) is 14.9 Å². The van der Waals surface area contributed by atoms with Crippen molar-refractivity contribution in [2.45, 2.75) is 26.4 Å². The van der Waals surface area contributed by atoms with E-state index in [1.54, 1.807) is 6.20 Å². The molecule has 0 aliphatic heterocycles. The third kappa shape index (κ3) is 1.98. The van der Waals surface area contributed by atoms with E-state index in [-0.39, 0.29) is 0 Å². The van der Waals surface area contributed by atoms with Crippen LogP contribution in [0.2, 0.25) is 0 Å². The van der Waals surface area contributed by atoms with Gasteiger partial charge in [-0.1, -0.05) is 13.8 Å². The minimum Gasteiger partial charge on any atom is -0.369 e. The second-order valence-electron chi connectivity index (χ2n) is 3.20. The van der Waals surface area contributed by atoms with Crippen LogP contribution in [0.4, 0.5) is 5.95 Å². The normalized spacial score (nSPS) is 11.0. The number of nitrogens with two attached hydrogens (primary N) is 1. The third-order valence-electron chi connectivity index (χ3n) is 1.81. The minimum absolute atomic E-state index is 0.487. The Hall–Kier alpha value is -1.03. The fraction of sp³-hybridized carbons (Fsp3) is 0.625. The smallest absolute Gasteiger partial charge is 0.200 e. The van der Waals surface area contributed by atoms with Crippen molar-refractivity contribution in [3.05, 3.63) is 11.9 Å². The molecule has 0 radical (unpaired) electrons. The molecule has 0 fully saturated rings. The fourth-order valence-electron chi connectivity index (χ4n) is 0.934. The summed E-state index contributed by atoms with van der Waals surface area (Å²) < 4.78 is 1.88. The molecule has 1 rings (SSSR count). The highest BCUT2D eigenvalue weighted by molar-refractivity contribution is 5.21. The van der Waals surface area contributed by atoms with Crippen molar-refractivity contribution >= 4 is 5.95 Å². The molecule has 3 N–H and O–H groups in total. The molecule has 68 valence electrons. The van der Waals surface area contributed by atoms with Gasteiger partial charge in [-0.15, -0.1) is 0 Å². The van der Waals surface area contributed by atoms with E-state index in [0.29, 0.717) is 12.0 Å². The van der Waals surface area contributed by atoms with Crippen molar-refractivity contribution in [3.63, 3.8) is 0 Å². The van der Waals surface area contributed by atoms with Gasteiger partial charge in [0.1, 0.15) is 0 Å². The first kappa shape index (κ1) is 9.06. The number of aromatic nitrogens is 2. The summed E-state index contributed by atoms with van der Waals surface area (Å²) in [6.07, 6.45) is 1.80. The Balaban J connectivity index is 2.58. The lowest BCUT2D eigenvalue weighted by molar-refractivity contribution is 0.571. The summed E-state index contributed by atoms with van der Waals surface area (Å²) in [4.78, 5) is 3.99. The summed E-state index contributed by atoms with van der Waals surface area (Å²) in [6, 6.07) is 0.487. The summed E-state index contributed by atoms with van der Waals surface area (Å²) in [5, 5.41) is 3.30. The monoisotopic (exact) mass is 168 g/mol. The van der Waals surface area contributed by atoms with Crippen LogP contribution >= 0.6 is 0 Å². The van der Waals surface area contributed by atoms with Crippen LogP contribution in [-0.4, -0.2) is 15.6 Å². The molecule has 0 spiro atoms. The molecule has 0 aliphatic carbocycles. The number of imidazole rings is 1. The molecule has 0 amide bonds. The maximum atomic E-state index is 5.57. The van der Waals surface area contributed by atoms with Crippen LogP contribution in [-0.2, 0) is 13.6 Å². The summed E-state index contributed by atoms with van der Waals surface area (Å²) in [7, 11) is 1.92. The van der Waals surface area contributed by atoms with Crippen LogP contribution in [0.15, 0.2) is 6.20 Å². The Kier molecular flexibility index (Phi) is 2.70. The van der Waals surface area contributed by atoms with E-state index in [9.17, 15) is 0 Å². The number of hydrogen-bond acceptors (Lipinski definition) is 3. The van der Waals surface area contributed by atoms with E-state index >= 15 is 0 Å². The number of nitrogen functional groups attached to an aromatic ring is 1. The maximum Gasteiger partial charge on any atom is 0.200 e. The number of anilines is 1. The Morgan fingerprint density at radius 2 is 2.33 bits per heavy atom. The van der Waals surface area contributed by atoms with E-state index in [2.05, 4.69) is 24.1 Å². The van der Waals surface area contributed by atoms with E-state index in [0.717, 1.165) is 12.2 Å². The highest BCUT2D eigenvalue weighted by atomic mass is 15.1. The SMILES string of the molecule is CC(C)NCc1cnc(N)n1C. The van der Waals surface area contributed by atoms with E-state index in [1.165, 1.54) is 0 Å². The van der Waals surface area contributed by atoms with Crippen LogP contribution in [0, 0.1) is 0 Å². The van der Waals surface area contributed by atoms with Gasteiger partial charge in [-0.05, 0) is 0 Å². The van der Waals surface area contributed by atoms with Crippen LogP contribution in [0.25, 0.3) is 0 Å². The largest absolute Gasteiger partial charge is 0.369 e. The first-order valence-corrected chi connectivity index (χ1v) is 4.10. The molecular formula is C8H16N4. The first-order valence-electron chi connectivity index (χ1n) is 4.10. The number of hydrogen-bond donors (Lipinski definition) is 2. The standard InChI is InChI=1S/C8H16N4/c1-6(2)10-4-7-5-11-8(9)12(7)3/h5-6,10H,4H2,1-3H3,(H2,9,11). The zero-order valence-corrected chi connectivity index (χ0v) is 7.83. The maximum absolute atomic E-state index is 5.57. The molecular weight excluding hydrogens is 152 g/mol. The lowest BCUT2D eigenvalue weighted by Gasteiger charge is -2.08. The Morgan fingerprint density at radius 1 is 1.67 bits per heavy atom. The zero-order chi connectivity index (χ0) is 9.14. The summed E-state index contributed by atoms with van der Waals surface area (Å²) in [6.45, 7) is 5.04. The third-order valence-corrected chi connectivity index (χ3v) is 1.81. The molecule has 4 heteroatoms. The molecule has 0 aromatic carbocycles. The molecule has 1 heterocycles. The van der Waals surface area contributed by atoms with Gasteiger partial charge in [-0.3, -0.25) is 0 Å². The quantitative estimate of drug-likeness (QED) is 0.691. The summed E-state index contributed by atoms with van der Waals surface area (Å²) >= 11 is 0. The number of nitrogens with one attached hydrogen (secondary N) is 1. The van der Waals surface area contributed by atoms with Crippen molar-refractivity contribution in [3.8, 4) is 0 Å². The second-order valence-corrected chi connectivity index (χ2v) is 3.20. The lowest BCUT2D eigenvalue weighted by Crippen LogP contribution is -2.23. The molecule has 0 saturated heterocycles. The molecule has 0 atom stereocenters. The van der Waals surface area contributed by atoms with Gasteiger partial charge in [0.25, 0.3) is 0 Å². The van der Waals surface area contributed by atoms with E-state index in [4.69, 9.17) is 5.73 Å². The minimum atomic E-state index is 0.487. The van der Waals surface area contributed by atoms with Gasteiger partial charge in [0.2, 0.25) is 0 Å². The highest BCUT2D eigenvalue weighted by Crippen LogP contribution is 2.03. The van der Waals surface area contributed by atoms with Crippen molar-refractivity contribution in [1.29, 1.82) is 0 Å². The van der Waals surface area contributed by atoms with Gasteiger partial charge in [-0.2, -0.15) is 0 Å². The Labute approximate surface area is 72.8 Å². The van der Waals surface area contributed by atoms with Crippen molar-refractivity contribution in [2.75, 3.05) is 5.73 Å². The Morgan fingerprint density at radius 3 is 2.75 bits per heavy atom. The summed E-state index contributed by atoms with van der Waals surface area (Å²) in [5.74, 6) is 0.565. The fourth-order valence-corrected chi connectivity index (χ4v) is 0.934. The molecule has 0 bridgehead atoms. The predicted molar refractivity (Wildman–Crippen MR) is 49.6 cm³/mol. The first-order chi connectivity index (χ1) is 5.61. The average molecular weight is 168 g/mol. The van der Waals surface area contributed by atoms with Crippen molar-refractivity contribution in [2.24, 2.45) is 7.05 Å².